The molecule has 4 heterocycles. The van der Waals surface area contributed by atoms with E-state index >= 15 is 0 Å². The molecule has 0 aliphatic carbocycles. The summed E-state index contributed by atoms with van der Waals surface area (Å²) in [5.41, 5.74) is 14.7. The van der Waals surface area contributed by atoms with Gasteiger partial charge >= 0.3 is 0 Å². The third-order valence-corrected chi connectivity index (χ3v) is 7.31. The average molecular weight is 524 g/mol. The summed E-state index contributed by atoms with van der Waals surface area (Å²) in [5, 5.41) is 26.4. The van der Waals surface area contributed by atoms with Gasteiger partial charge in [-0.05, 0) is 35.3 Å². The normalized spacial score (nSPS) is 22.9. The molecule has 13 nitrogen and oxygen atoms in total. The van der Waals surface area contributed by atoms with Crippen LogP contribution in [-0.2, 0) is 22.5 Å². The predicted octanol–water partition coefficient (Wildman–Crippen LogP) is 0.203. The van der Waals surface area contributed by atoms with E-state index in [1.807, 2.05) is 16.7 Å². The molecule has 0 saturated carbocycles. The molecule has 0 bridgehead atoms. The Bertz CT molecular complexity index is 1670. The molecule has 1 saturated heterocycles. The zero-order valence-electron chi connectivity index (χ0n) is 19.3. The van der Waals surface area contributed by atoms with Crippen LogP contribution in [0.3, 0.4) is 0 Å². The highest BCUT2D eigenvalue weighted by molar-refractivity contribution is 7.79. The third kappa shape index (κ3) is 3.90. The molecule has 14 heteroatoms. The Morgan fingerprint density at radius 2 is 1.81 bits per heavy atom. The van der Waals surface area contributed by atoms with Crippen molar-refractivity contribution in [3.8, 4) is 0 Å². The lowest BCUT2D eigenvalue weighted by Crippen LogP contribution is -2.38. The Labute approximate surface area is 212 Å². The standard InChI is InChI=1S/C23H24N8O5S/c24-11-1-3-13-14-4-2-12(37(34)35)6-16(14)30(15(13)5-11)9-26-7-17-19(32)20(33)23(36-17)31-10-29-18-21(25)27-8-28-22(18)31/h1-6,8,10,17,19-20,23,26,32-33H,7,9,24H2,(H,34,35)(H2,25,27,28)/p-1. The van der Waals surface area contributed by atoms with E-state index in [0.29, 0.717) is 22.4 Å². The lowest BCUT2D eigenvalue weighted by atomic mass is 10.1. The van der Waals surface area contributed by atoms with Crippen molar-refractivity contribution in [3.63, 3.8) is 0 Å². The Kier molecular flexibility index (Phi) is 5.78. The van der Waals surface area contributed by atoms with Crippen molar-refractivity contribution >= 4 is 55.6 Å². The van der Waals surface area contributed by atoms with E-state index in [1.165, 1.54) is 17.2 Å². The molecule has 5 atom stereocenters. The number of ether oxygens (including phenoxy) is 1. The van der Waals surface area contributed by atoms with Crippen molar-refractivity contribution in [2.45, 2.75) is 36.1 Å². The van der Waals surface area contributed by atoms with Crippen molar-refractivity contribution in [2.24, 2.45) is 0 Å². The minimum atomic E-state index is -2.38. The van der Waals surface area contributed by atoms with Gasteiger partial charge in [0, 0.05) is 27.9 Å². The number of imidazole rings is 1. The van der Waals surface area contributed by atoms with E-state index in [9.17, 15) is 19.0 Å². The second kappa shape index (κ2) is 9.02. The molecular weight excluding hydrogens is 500 g/mol. The Morgan fingerprint density at radius 3 is 2.59 bits per heavy atom. The van der Waals surface area contributed by atoms with Gasteiger partial charge in [0.1, 0.15) is 30.2 Å². The van der Waals surface area contributed by atoms with Crippen LogP contribution in [0.1, 0.15) is 6.23 Å². The first kappa shape index (κ1) is 23.7. The van der Waals surface area contributed by atoms with Crippen LogP contribution in [0.2, 0.25) is 0 Å². The van der Waals surface area contributed by atoms with E-state index < -0.39 is 35.6 Å². The molecule has 5 aromatic rings. The number of fused-ring (bicyclic) bond motifs is 4. The lowest BCUT2D eigenvalue weighted by molar-refractivity contribution is -0.0345. The lowest BCUT2D eigenvalue weighted by Gasteiger charge is -2.17. The molecule has 0 amide bonds. The quantitative estimate of drug-likeness (QED) is 0.150. The van der Waals surface area contributed by atoms with E-state index in [2.05, 4.69) is 20.3 Å². The fourth-order valence-corrected chi connectivity index (χ4v) is 5.26. The summed E-state index contributed by atoms with van der Waals surface area (Å²) in [7, 11) is 0. The number of hydrogen-bond acceptors (Lipinski definition) is 11. The van der Waals surface area contributed by atoms with Crippen LogP contribution in [-0.4, -0.2) is 67.9 Å². The van der Waals surface area contributed by atoms with Crippen molar-refractivity contribution < 1.29 is 23.7 Å². The molecule has 2 aromatic carbocycles. The van der Waals surface area contributed by atoms with Crippen LogP contribution in [0.15, 0.2) is 53.9 Å². The second-order valence-electron chi connectivity index (χ2n) is 8.86. The monoisotopic (exact) mass is 523 g/mol. The number of anilines is 2. The highest BCUT2D eigenvalue weighted by Gasteiger charge is 2.44. The summed E-state index contributed by atoms with van der Waals surface area (Å²) in [6.07, 6.45) is -1.37. The number of nitrogen functional groups attached to an aromatic ring is 2. The summed E-state index contributed by atoms with van der Waals surface area (Å²) in [5.74, 6) is 0.200. The van der Waals surface area contributed by atoms with Gasteiger partial charge in [-0.2, -0.15) is 0 Å². The second-order valence-corrected chi connectivity index (χ2v) is 9.80. The van der Waals surface area contributed by atoms with Crippen LogP contribution < -0.4 is 16.8 Å². The van der Waals surface area contributed by atoms with Gasteiger partial charge in [0.15, 0.2) is 17.7 Å². The highest BCUT2D eigenvalue weighted by Crippen LogP contribution is 2.33. The maximum Gasteiger partial charge on any atom is 0.167 e. The number of hydrogen-bond donors (Lipinski definition) is 5. The van der Waals surface area contributed by atoms with Gasteiger partial charge < -0.3 is 35.5 Å². The van der Waals surface area contributed by atoms with Gasteiger partial charge in [0.2, 0.25) is 0 Å². The topological polar surface area (TPSA) is 202 Å². The first-order valence-electron chi connectivity index (χ1n) is 11.4. The Hall–Kier alpha value is -3.66. The Balaban J connectivity index is 1.25. The van der Waals surface area contributed by atoms with Crippen LogP contribution in [0, 0.1) is 0 Å². The van der Waals surface area contributed by atoms with Gasteiger partial charge in [0.05, 0.1) is 24.0 Å². The zero-order chi connectivity index (χ0) is 25.8. The maximum atomic E-state index is 11.6. The third-order valence-electron chi connectivity index (χ3n) is 6.67. The van der Waals surface area contributed by atoms with Gasteiger partial charge in [-0.3, -0.25) is 14.1 Å². The largest absolute Gasteiger partial charge is 0.768 e. The van der Waals surface area contributed by atoms with Crippen molar-refractivity contribution in [3.05, 3.63) is 49.1 Å². The minimum Gasteiger partial charge on any atom is -0.768 e. The molecule has 0 radical (unpaired) electrons. The van der Waals surface area contributed by atoms with Gasteiger partial charge in [0.25, 0.3) is 0 Å². The molecule has 3 aromatic heterocycles. The Morgan fingerprint density at radius 1 is 1.05 bits per heavy atom. The molecule has 7 N–H and O–H groups in total. The fraction of sp³-hybridized carbons (Fsp3) is 0.261. The summed E-state index contributed by atoms with van der Waals surface area (Å²) < 4.78 is 32.6. The molecule has 6 rings (SSSR count). The van der Waals surface area contributed by atoms with Crippen LogP contribution in [0.25, 0.3) is 33.0 Å². The number of nitrogens with two attached hydrogens (primary N) is 2. The number of aliphatic hydroxyl groups excluding tert-OH is 2. The van der Waals surface area contributed by atoms with E-state index in [-0.39, 0.29) is 23.9 Å². The zero-order valence-corrected chi connectivity index (χ0v) is 20.1. The number of nitrogens with one attached hydrogen (secondary N) is 1. The number of aliphatic hydroxyl groups is 2. The van der Waals surface area contributed by atoms with Crippen molar-refractivity contribution in [1.82, 2.24) is 29.4 Å². The molecule has 0 spiro atoms. The van der Waals surface area contributed by atoms with Crippen molar-refractivity contribution in [1.29, 1.82) is 0 Å². The van der Waals surface area contributed by atoms with Crippen LogP contribution in [0.4, 0.5) is 11.5 Å². The van der Waals surface area contributed by atoms with E-state index in [4.69, 9.17) is 16.2 Å². The molecule has 1 aliphatic rings. The molecule has 1 aliphatic heterocycles. The predicted molar refractivity (Wildman–Crippen MR) is 135 cm³/mol. The van der Waals surface area contributed by atoms with Crippen molar-refractivity contribution in [2.75, 3.05) is 18.0 Å². The number of rotatable bonds is 6. The number of aromatic nitrogens is 5. The molecule has 37 heavy (non-hydrogen) atoms. The minimum absolute atomic E-state index is 0.169. The summed E-state index contributed by atoms with van der Waals surface area (Å²) in [6.45, 7) is 0.457. The number of benzene rings is 2. The summed E-state index contributed by atoms with van der Waals surface area (Å²) in [6, 6.07) is 10.4. The SMILES string of the molecule is Nc1ccc2c3ccc(S(=O)[O-])cc3n(CNCC3OC(n4cnc5c(N)ncnc54)C(O)C3O)c2c1. The molecule has 5 unspecified atom stereocenters. The summed E-state index contributed by atoms with van der Waals surface area (Å²) in [4.78, 5) is 12.4. The highest BCUT2D eigenvalue weighted by atomic mass is 32.2. The number of nitrogens with zero attached hydrogens (tertiary/aromatic N) is 5. The van der Waals surface area contributed by atoms with Gasteiger partial charge in [-0.15, -0.1) is 0 Å². The molecule has 192 valence electrons. The maximum absolute atomic E-state index is 11.6. The molecule has 1 fully saturated rings. The van der Waals surface area contributed by atoms with Crippen LogP contribution >= 0.6 is 0 Å². The fourth-order valence-electron chi connectivity index (χ4n) is 4.87. The average Bonchev–Trinajstić information content (AvgIpc) is 3.53. The van der Waals surface area contributed by atoms with E-state index in [1.54, 1.807) is 24.3 Å². The van der Waals surface area contributed by atoms with Gasteiger partial charge in [-0.1, -0.05) is 12.1 Å². The first-order chi connectivity index (χ1) is 17.8. The molecular formula is C23H23N8O5S-. The smallest absolute Gasteiger partial charge is 0.167 e. The van der Waals surface area contributed by atoms with Crippen LogP contribution in [0.5, 0.6) is 0 Å². The van der Waals surface area contributed by atoms with Gasteiger partial charge in [-0.25, -0.2) is 15.0 Å². The summed E-state index contributed by atoms with van der Waals surface area (Å²) >= 11 is -2.38. The van der Waals surface area contributed by atoms with E-state index in [0.717, 1.165) is 16.3 Å². The first-order valence-corrected chi connectivity index (χ1v) is 12.5.